The lowest BCUT2D eigenvalue weighted by Gasteiger charge is -2.32. The first-order valence-electron chi connectivity index (χ1n) is 9.05. The monoisotopic (exact) mass is 374 g/mol. The summed E-state index contributed by atoms with van der Waals surface area (Å²) in [7, 11) is 3.11. The van der Waals surface area contributed by atoms with Crippen molar-refractivity contribution in [1.29, 1.82) is 0 Å². The van der Waals surface area contributed by atoms with E-state index in [9.17, 15) is 19.8 Å². The molecule has 0 amide bonds. The molecule has 1 aliphatic heterocycles. The van der Waals surface area contributed by atoms with Crippen LogP contribution in [0.3, 0.4) is 0 Å². The van der Waals surface area contributed by atoms with Gasteiger partial charge in [-0.05, 0) is 56.7 Å². The molecule has 141 valence electrons. The van der Waals surface area contributed by atoms with Crippen molar-refractivity contribution in [3.8, 4) is 0 Å². The van der Waals surface area contributed by atoms with Crippen molar-refractivity contribution in [3.63, 3.8) is 0 Å². The minimum absolute atomic E-state index is 0.0952. The number of carbonyl (C=O) groups is 2. The molecule has 3 radical (unpaired) electrons. The predicted octanol–water partition coefficient (Wildman–Crippen LogP) is 4.02. The minimum atomic E-state index is -1.07. The molecule has 0 bridgehead atoms. The molecule has 1 fully saturated rings. The van der Waals surface area contributed by atoms with Crippen molar-refractivity contribution in [2.75, 3.05) is 18.0 Å². The van der Waals surface area contributed by atoms with Gasteiger partial charge in [0.15, 0.2) is 0 Å². The largest absolute Gasteiger partial charge is 0.478 e. The molecule has 5 nitrogen and oxygen atoms in total. The summed E-state index contributed by atoms with van der Waals surface area (Å²) in [6.45, 7) is 7.26. The summed E-state index contributed by atoms with van der Waals surface area (Å²) in [5.74, 6) is -2.11. The average Bonchev–Trinajstić information content (AvgIpc) is 2.62. The van der Waals surface area contributed by atoms with E-state index in [4.69, 9.17) is 0 Å². The van der Waals surface area contributed by atoms with Crippen molar-refractivity contribution >= 4 is 27.9 Å². The number of hydrogen-bond donors (Lipinski definition) is 2. The highest BCUT2D eigenvalue weighted by molar-refractivity contribution is 6.16. The summed E-state index contributed by atoms with van der Waals surface area (Å²) >= 11 is 0. The fourth-order valence-electron chi connectivity index (χ4n) is 3.25. The number of anilines is 1. The number of allylic oxidation sites excluding steroid dienone is 1. The highest BCUT2D eigenvalue weighted by Crippen LogP contribution is 2.32. The topological polar surface area (TPSA) is 77.8 Å². The van der Waals surface area contributed by atoms with Crippen LogP contribution in [-0.4, -0.2) is 45.5 Å². The van der Waals surface area contributed by atoms with E-state index in [0.29, 0.717) is 12.0 Å². The number of rotatable bonds is 5. The molecule has 6 heteroatoms. The SMILES string of the molecule is CC=C[Si].CCCc1c(N2CCCCC2)cc(C(=O)O)c(C)c1C(=O)O. The summed E-state index contributed by atoms with van der Waals surface area (Å²) in [6.07, 6.45) is 6.68. The maximum atomic E-state index is 11.7. The van der Waals surface area contributed by atoms with E-state index in [1.165, 1.54) is 6.42 Å². The van der Waals surface area contributed by atoms with Crippen LogP contribution in [0.2, 0.25) is 0 Å². The Morgan fingerprint density at radius 3 is 2.19 bits per heavy atom. The number of piperidine rings is 1. The van der Waals surface area contributed by atoms with Crippen LogP contribution < -0.4 is 4.90 Å². The fraction of sp³-hybridized carbons (Fsp3) is 0.500. The molecule has 1 aromatic carbocycles. The van der Waals surface area contributed by atoms with Crippen LogP contribution in [0, 0.1) is 6.92 Å². The lowest BCUT2D eigenvalue weighted by molar-refractivity contribution is 0.0695. The van der Waals surface area contributed by atoms with E-state index in [-0.39, 0.29) is 11.1 Å². The highest BCUT2D eigenvalue weighted by Gasteiger charge is 2.25. The summed E-state index contributed by atoms with van der Waals surface area (Å²) in [6, 6.07) is 1.67. The number of nitrogens with zero attached hydrogens (tertiary/aromatic N) is 1. The van der Waals surface area contributed by atoms with Gasteiger partial charge in [0.25, 0.3) is 0 Å². The van der Waals surface area contributed by atoms with Crippen LogP contribution in [0.1, 0.15) is 71.4 Å². The fourth-order valence-corrected chi connectivity index (χ4v) is 3.25. The molecule has 0 unspecified atom stereocenters. The molecule has 0 spiro atoms. The molecular formula is C20H28NO4Si. The predicted molar refractivity (Wildman–Crippen MR) is 106 cm³/mol. The molecule has 0 aliphatic carbocycles. The standard InChI is InChI=1S/C17H23NO4.C3H5Si/c1-3-7-12-14(18-8-5-4-6-9-18)10-13(16(19)20)11(2)15(12)17(21)22;1-2-3-4/h10H,3-9H2,1-2H3,(H,19,20)(H,21,22);2-3H,1H3. The Balaban J connectivity index is 0.000000765. The van der Waals surface area contributed by atoms with Gasteiger partial charge in [-0.2, -0.15) is 0 Å². The second-order valence-electron chi connectivity index (χ2n) is 6.33. The number of hydrogen-bond acceptors (Lipinski definition) is 3. The number of carboxylic acid groups (broad SMARTS) is 2. The number of aromatic carboxylic acids is 2. The Morgan fingerprint density at radius 1 is 1.19 bits per heavy atom. The van der Waals surface area contributed by atoms with E-state index in [0.717, 1.165) is 43.6 Å². The molecule has 0 aromatic heterocycles. The Kier molecular flexibility index (Phi) is 9.13. The van der Waals surface area contributed by atoms with Gasteiger partial charge in [-0.25, -0.2) is 9.59 Å². The van der Waals surface area contributed by atoms with Crippen molar-refractivity contribution in [2.24, 2.45) is 0 Å². The van der Waals surface area contributed by atoms with Gasteiger partial charge in [0.05, 0.1) is 21.4 Å². The van der Waals surface area contributed by atoms with E-state index in [2.05, 4.69) is 15.1 Å². The lowest BCUT2D eigenvalue weighted by Crippen LogP contribution is -2.31. The number of carboxylic acids is 2. The molecule has 26 heavy (non-hydrogen) atoms. The maximum absolute atomic E-state index is 11.7. The van der Waals surface area contributed by atoms with Crippen molar-refractivity contribution in [1.82, 2.24) is 0 Å². The van der Waals surface area contributed by atoms with E-state index >= 15 is 0 Å². The van der Waals surface area contributed by atoms with Gasteiger partial charge in [-0.15, -0.1) is 5.70 Å². The van der Waals surface area contributed by atoms with Gasteiger partial charge >= 0.3 is 11.9 Å². The summed E-state index contributed by atoms with van der Waals surface area (Å²) in [4.78, 5) is 25.4. The van der Waals surface area contributed by atoms with Crippen LogP contribution in [0.25, 0.3) is 0 Å². The van der Waals surface area contributed by atoms with E-state index < -0.39 is 11.9 Å². The van der Waals surface area contributed by atoms with Crippen LogP contribution in [-0.2, 0) is 6.42 Å². The van der Waals surface area contributed by atoms with Gasteiger partial charge in [0.2, 0.25) is 0 Å². The zero-order valence-corrected chi connectivity index (χ0v) is 16.8. The van der Waals surface area contributed by atoms with Crippen LogP contribution in [0.4, 0.5) is 5.69 Å². The van der Waals surface area contributed by atoms with Crippen LogP contribution >= 0.6 is 0 Å². The van der Waals surface area contributed by atoms with Crippen molar-refractivity contribution < 1.29 is 19.8 Å². The summed E-state index contributed by atoms with van der Waals surface area (Å²) in [5, 5.41) is 19.0. The van der Waals surface area contributed by atoms with Crippen molar-refractivity contribution in [2.45, 2.75) is 52.9 Å². The molecule has 1 heterocycles. The highest BCUT2D eigenvalue weighted by atomic mass is 28.1. The first-order valence-corrected chi connectivity index (χ1v) is 9.63. The van der Waals surface area contributed by atoms with Gasteiger partial charge in [0.1, 0.15) is 0 Å². The third-order valence-electron chi connectivity index (χ3n) is 4.48. The molecular weight excluding hydrogens is 346 g/mol. The Labute approximate surface area is 159 Å². The molecule has 1 aromatic rings. The van der Waals surface area contributed by atoms with E-state index in [1.807, 2.05) is 19.9 Å². The molecule has 0 saturated carbocycles. The Bertz CT molecular complexity index is 660. The molecule has 2 N–H and O–H groups in total. The second-order valence-corrected chi connectivity index (χ2v) is 6.66. The zero-order chi connectivity index (χ0) is 19.7. The molecule has 2 rings (SSSR count). The summed E-state index contributed by atoms with van der Waals surface area (Å²) in [5.41, 5.74) is 3.99. The lowest BCUT2D eigenvalue weighted by atomic mass is 9.91. The molecule has 1 aliphatic rings. The smallest absolute Gasteiger partial charge is 0.336 e. The molecule has 0 atom stereocenters. The maximum Gasteiger partial charge on any atom is 0.336 e. The third-order valence-corrected chi connectivity index (χ3v) is 4.81. The van der Waals surface area contributed by atoms with Crippen molar-refractivity contribution in [3.05, 3.63) is 40.1 Å². The summed E-state index contributed by atoms with van der Waals surface area (Å²) < 4.78 is 0. The van der Waals surface area contributed by atoms with Crippen LogP contribution in [0.15, 0.2) is 17.8 Å². The quantitative estimate of drug-likeness (QED) is 0.761. The first kappa shape index (κ1) is 22.0. The normalized spacial score (nSPS) is 14.1. The number of benzene rings is 1. The Hall–Kier alpha value is -2.08. The zero-order valence-electron chi connectivity index (χ0n) is 15.8. The molecule has 1 saturated heterocycles. The first-order chi connectivity index (χ1) is 12.4. The van der Waals surface area contributed by atoms with Gasteiger partial charge in [-0.1, -0.05) is 19.4 Å². The van der Waals surface area contributed by atoms with Crippen LogP contribution in [0.5, 0.6) is 0 Å². The third kappa shape index (κ3) is 5.46. The Morgan fingerprint density at radius 2 is 1.77 bits per heavy atom. The van der Waals surface area contributed by atoms with Gasteiger partial charge in [0, 0.05) is 18.8 Å². The van der Waals surface area contributed by atoms with Gasteiger partial charge in [-0.3, -0.25) is 0 Å². The second kappa shape index (κ2) is 10.8. The van der Waals surface area contributed by atoms with Gasteiger partial charge < -0.3 is 15.1 Å². The average molecular weight is 375 g/mol. The van der Waals surface area contributed by atoms with E-state index in [1.54, 1.807) is 18.7 Å². The minimum Gasteiger partial charge on any atom is -0.478 e.